The number of rotatable bonds is 7. The van der Waals surface area contributed by atoms with E-state index < -0.39 is 17.6 Å². The zero-order valence-corrected chi connectivity index (χ0v) is 18.0. The maximum atomic E-state index is 13.1. The molecule has 0 saturated heterocycles. The summed E-state index contributed by atoms with van der Waals surface area (Å²) >= 11 is 0. The van der Waals surface area contributed by atoms with Gasteiger partial charge in [0.2, 0.25) is 5.91 Å². The van der Waals surface area contributed by atoms with Crippen molar-refractivity contribution in [3.05, 3.63) is 89.6 Å². The summed E-state index contributed by atoms with van der Waals surface area (Å²) in [6.45, 7) is 2.71. The number of aromatic nitrogens is 1. The molecule has 170 valence electrons. The molecule has 4 rings (SSSR count). The molecule has 0 saturated carbocycles. The minimum atomic E-state index is -4.41. The van der Waals surface area contributed by atoms with Gasteiger partial charge in [0, 0.05) is 23.6 Å². The summed E-state index contributed by atoms with van der Waals surface area (Å²) in [7, 11) is 0. The van der Waals surface area contributed by atoms with Crippen molar-refractivity contribution in [2.75, 3.05) is 6.61 Å². The SMILES string of the molecule is CCOc1cccc(-c2ccc3c(c2)c(CC(N)=O)cn3Cc2cccc(C(F)(F)F)c2)c1. The summed E-state index contributed by atoms with van der Waals surface area (Å²) in [5.74, 6) is 0.284. The number of carbonyl (C=O) groups is 1. The number of amides is 1. The van der Waals surface area contributed by atoms with Crippen LogP contribution in [0.3, 0.4) is 0 Å². The van der Waals surface area contributed by atoms with Gasteiger partial charge in [-0.25, -0.2) is 0 Å². The van der Waals surface area contributed by atoms with Gasteiger partial charge in [-0.05, 0) is 65.6 Å². The molecule has 0 fully saturated rings. The number of benzene rings is 3. The van der Waals surface area contributed by atoms with Gasteiger partial charge in [-0.1, -0.05) is 30.3 Å². The number of nitrogens with zero attached hydrogens (tertiary/aromatic N) is 1. The Balaban J connectivity index is 1.76. The predicted octanol–water partition coefficient (Wildman–Crippen LogP) is 5.80. The highest BCUT2D eigenvalue weighted by Crippen LogP contribution is 2.32. The maximum Gasteiger partial charge on any atom is 0.416 e. The highest BCUT2D eigenvalue weighted by molar-refractivity contribution is 5.92. The van der Waals surface area contributed by atoms with E-state index in [1.54, 1.807) is 12.3 Å². The molecule has 0 atom stereocenters. The Bertz CT molecular complexity index is 1310. The van der Waals surface area contributed by atoms with E-state index in [2.05, 4.69) is 0 Å². The van der Waals surface area contributed by atoms with Gasteiger partial charge >= 0.3 is 6.18 Å². The molecule has 1 heterocycles. The second kappa shape index (κ2) is 9.02. The molecule has 0 radical (unpaired) electrons. The normalized spacial score (nSPS) is 11.6. The molecule has 0 bridgehead atoms. The first-order valence-electron chi connectivity index (χ1n) is 10.5. The van der Waals surface area contributed by atoms with Gasteiger partial charge in [0.1, 0.15) is 5.75 Å². The molecular weight excluding hydrogens is 429 g/mol. The third-order valence-corrected chi connectivity index (χ3v) is 5.41. The first-order valence-corrected chi connectivity index (χ1v) is 10.5. The molecule has 1 amide bonds. The lowest BCUT2D eigenvalue weighted by Gasteiger charge is -2.11. The van der Waals surface area contributed by atoms with Crippen LogP contribution in [0.1, 0.15) is 23.6 Å². The number of ether oxygens (including phenoxy) is 1. The Labute approximate surface area is 189 Å². The van der Waals surface area contributed by atoms with Crippen molar-refractivity contribution in [3.8, 4) is 16.9 Å². The molecule has 0 aliphatic rings. The highest BCUT2D eigenvalue weighted by atomic mass is 19.4. The number of nitrogens with two attached hydrogens (primary N) is 1. The lowest BCUT2D eigenvalue weighted by molar-refractivity contribution is -0.137. The molecule has 0 spiro atoms. The first kappa shape index (κ1) is 22.5. The summed E-state index contributed by atoms with van der Waals surface area (Å²) in [6, 6.07) is 18.8. The third kappa shape index (κ3) is 5.03. The van der Waals surface area contributed by atoms with E-state index in [4.69, 9.17) is 10.5 Å². The van der Waals surface area contributed by atoms with Crippen LogP contribution in [0.2, 0.25) is 0 Å². The van der Waals surface area contributed by atoms with Crippen molar-refractivity contribution in [1.29, 1.82) is 0 Å². The number of hydrogen-bond donors (Lipinski definition) is 1. The van der Waals surface area contributed by atoms with E-state index in [0.717, 1.165) is 45.5 Å². The van der Waals surface area contributed by atoms with Crippen LogP contribution < -0.4 is 10.5 Å². The minimum Gasteiger partial charge on any atom is -0.494 e. The molecule has 0 aliphatic heterocycles. The Morgan fingerprint density at radius 3 is 2.48 bits per heavy atom. The molecule has 33 heavy (non-hydrogen) atoms. The summed E-state index contributed by atoms with van der Waals surface area (Å²) in [6.07, 6.45) is -2.58. The quantitative estimate of drug-likeness (QED) is 0.385. The zero-order chi connectivity index (χ0) is 23.6. The number of hydrogen-bond acceptors (Lipinski definition) is 2. The third-order valence-electron chi connectivity index (χ3n) is 5.41. The van der Waals surface area contributed by atoms with Crippen molar-refractivity contribution in [3.63, 3.8) is 0 Å². The fraction of sp³-hybridized carbons (Fsp3) is 0.192. The van der Waals surface area contributed by atoms with Crippen LogP contribution in [-0.4, -0.2) is 17.1 Å². The van der Waals surface area contributed by atoms with Gasteiger partial charge in [0.15, 0.2) is 0 Å². The number of carbonyl (C=O) groups excluding carboxylic acids is 1. The van der Waals surface area contributed by atoms with Gasteiger partial charge in [0.05, 0.1) is 18.6 Å². The largest absolute Gasteiger partial charge is 0.494 e. The summed E-state index contributed by atoms with van der Waals surface area (Å²) in [5, 5.41) is 0.833. The molecule has 0 unspecified atom stereocenters. The van der Waals surface area contributed by atoms with Gasteiger partial charge in [-0.3, -0.25) is 4.79 Å². The van der Waals surface area contributed by atoms with E-state index >= 15 is 0 Å². The number of primary amides is 1. The van der Waals surface area contributed by atoms with Crippen LogP contribution >= 0.6 is 0 Å². The average molecular weight is 452 g/mol. The van der Waals surface area contributed by atoms with Crippen molar-refractivity contribution < 1.29 is 22.7 Å². The lowest BCUT2D eigenvalue weighted by Crippen LogP contribution is -2.13. The van der Waals surface area contributed by atoms with Crippen LogP contribution in [0.15, 0.2) is 72.9 Å². The van der Waals surface area contributed by atoms with Crippen molar-refractivity contribution >= 4 is 16.8 Å². The molecule has 3 aromatic carbocycles. The van der Waals surface area contributed by atoms with E-state index in [9.17, 15) is 18.0 Å². The van der Waals surface area contributed by atoms with Crippen molar-refractivity contribution in [1.82, 2.24) is 4.57 Å². The lowest BCUT2D eigenvalue weighted by atomic mass is 10.0. The molecule has 0 aliphatic carbocycles. The zero-order valence-electron chi connectivity index (χ0n) is 18.0. The van der Waals surface area contributed by atoms with Crippen molar-refractivity contribution in [2.24, 2.45) is 5.73 Å². The van der Waals surface area contributed by atoms with Crippen LogP contribution in [0.4, 0.5) is 13.2 Å². The second-order valence-corrected chi connectivity index (χ2v) is 7.82. The minimum absolute atomic E-state index is 0.0362. The number of fused-ring (bicyclic) bond motifs is 1. The molecule has 4 nitrogen and oxygen atoms in total. The van der Waals surface area contributed by atoms with Crippen molar-refractivity contribution in [2.45, 2.75) is 26.1 Å². The summed E-state index contributed by atoms with van der Waals surface area (Å²) in [5.41, 5.74) is 8.72. The van der Waals surface area contributed by atoms with Crippen LogP contribution in [0, 0.1) is 0 Å². The fourth-order valence-corrected chi connectivity index (χ4v) is 3.98. The van der Waals surface area contributed by atoms with E-state index in [-0.39, 0.29) is 13.0 Å². The maximum absolute atomic E-state index is 13.1. The topological polar surface area (TPSA) is 57.2 Å². The Kier molecular flexibility index (Phi) is 6.14. The highest BCUT2D eigenvalue weighted by Gasteiger charge is 2.30. The van der Waals surface area contributed by atoms with Gasteiger partial charge < -0.3 is 15.0 Å². The van der Waals surface area contributed by atoms with Gasteiger partial charge in [-0.15, -0.1) is 0 Å². The predicted molar refractivity (Wildman–Crippen MR) is 122 cm³/mol. The Hall–Kier alpha value is -3.74. The fourth-order valence-electron chi connectivity index (χ4n) is 3.98. The van der Waals surface area contributed by atoms with Crippen LogP contribution in [-0.2, 0) is 23.9 Å². The Morgan fingerprint density at radius 2 is 1.76 bits per heavy atom. The van der Waals surface area contributed by atoms with E-state index in [1.807, 2.05) is 54.0 Å². The van der Waals surface area contributed by atoms with Crippen LogP contribution in [0.25, 0.3) is 22.0 Å². The standard InChI is InChI=1S/C26H23F3N2O2/c1-2-33-22-8-4-6-18(12-22)19-9-10-24-23(13-19)20(14-25(30)32)16-31(24)15-17-5-3-7-21(11-17)26(27,28)29/h3-13,16H,2,14-15H2,1H3,(H2,30,32). The second-order valence-electron chi connectivity index (χ2n) is 7.82. The molecular formula is C26H23F3N2O2. The smallest absolute Gasteiger partial charge is 0.416 e. The number of alkyl halides is 3. The molecule has 7 heteroatoms. The first-order chi connectivity index (χ1) is 15.7. The van der Waals surface area contributed by atoms with Gasteiger partial charge in [0.25, 0.3) is 0 Å². The van der Waals surface area contributed by atoms with Gasteiger partial charge in [-0.2, -0.15) is 13.2 Å². The molecule has 2 N–H and O–H groups in total. The van der Waals surface area contributed by atoms with Crippen LogP contribution in [0.5, 0.6) is 5.75 Å². The average Bonchev–Trinajstić information content (AvgIpc) is 3.09. The summed E-state index contributed by atoms with van der Waals surface area (Å²) < 4.78 is 46.8. The van der Waals surface area contributed by atoms with E-state index in [1.165, 1.54) is 6.07 Å². The Morgan fingerprint density at radius 1 is 1.00 bits per heavy atom. The molecule has 4 aromatic rings. The monoisotopic (exact) mass is 452 g/mol. The summed E-state index contributed by atoms with van der Waals surface area (Å²) in [4.78, 5) is 11.7. The van der Waals surface area contributed by atoms with E-state index in [0.29, 0.717) is 12.2 Å². The number of halogens is 3. The molecule has 1 aromatic heterocycles.